The van der Waals surface area contributed by atoms with Crippen LogP contribution >= 0.6 is 0 Å². The molecule has 0 spiro atoms. The summed E-state index contributed by atoms with van der Waals surface area (Å²) < 4.78 is 10.5. The summed E-state index contributed by atoms with van der Waals surface area (Å²) in [5.74, 6) is 0. The molecular formula is C54H39BN4. The van der Waals surface area contributed by atoms with Gasteiger partial charge in [0.1, 0.15) is 0 Å². The molecule has 6 aromatic carbocycles. The maximum atomic E-state index is 2.75. The molecule has 0 radical (unpaired) electrons. The number of nitrogens with zero attached hydrogens (tertiary/aromatic N) is 4. The number of para-hydroxylation sites is 3. The molecule has 5 aliphatic rings. The lowest BCUT2D eigenvalue weighted by Crippen LogP contribution is -2.59. The van der Waals surface area contributed by atoms with Crippen molar-refractivity contribution in [1.29, 1.82) is 0 Å². The normalized spacial score (nSPS) is 17.3. The summed E-state index contributed by atoms with van der Waals surface area (Å²) in [4.78, 5) is 0. The highest BCUT2D eigenvalue weighted by atomic mass is 15.1. The van der Waals surface area contributed by atoms with E-state index in [-0.39, 0.29) is 6.71 Å². The second-order valence-electron chi connectivity index (χ2n) is 17.7. The maximum Gasteiger partial charge on any atom is 0.252 e. The highest BCUT2D eigenvalue weighted by molar-refractivity contribution is 7.00. The first-order chi connectivity index (χ1) is 29.3. The Morgan fingerprint density at radius 2 is 1.17 bits per heavy atom. The van der Waals surface area contributed by atoms with Gasteiger partial charge in [-0.2, -0.15) is 0 Å². The average molecular weight is 755 g/mol. The number of allylic oxidation sites excluding steroid dienone is 4. The van der Waals surface area contributed by atoms with Crippen LogP contribution in [0.4, 0.5) is 0 Å². The van der Waals surface area contributed by atoms with Crippen LogP contribution in [0.3, 0.4) is 0 Å². The minimum absolute atomic E-state index is 0.139. The van der Waals surface area contributed by atoms with Gasteiger partial charge in [-0.15, -0.1) is 0 Å². The molecule has 0 bridgehead atoms. The number of aryl methyl sites for hydroxylation is 1. The van der Waals surface area contributed by atoms with Gasteiger partial charge in [0.25, 0.3) is 6.71 Å². The van der Waals surface area contributed by atoms with E-state index in [1.807, 2.05) is 0 Å². The molecule has 1 atom stereocenters. The molecule has 0 fully saturated rings. The van der Waals surface area contributed by atoms with Crippen molar-refractivity contribution in [2.24, 2.45) is 0 Å². The van der Waals surface area contributed by atoms with Crippen molar-refractivity contribution in [2.75, 3.05) is 0 Å². The molecule has 0 saturated carbocycles. The van der Waals surface area contributed by atoms with E-state index in [0.29, 0.717) is 6.04 Å². The van der Waals surface area contributed by atoms with Gasteiger partial charge in [0.15, 0.2) is 0 Å². The van der Waals surface area contributed by atoms with E-state index in [9.17, 15) is 0 Å². The standard InChI is InChI=1S/C54H39BN4/c1-3-14-32(15-4-1)56-44-24-9-7-18-34(44)38-28-50-40(30-48(38)56)36-20-11-22-42-53(36)58(50)46-26-13-27-47-52(46)55(42)43-23-12-21-37-41-31-49-39(29-51(41)59(47)54(37)43)35-19-8-10-25-45(35)57(49)33-16-5-2-6-17-33/h1-5,8-9,11-15,19-24,26-31,33H,6-7,10,16-18,25H2. The van der Waals surface area contributed by atoms with Crippen LogP contribution in [0.1, 0.15) is 60.7 Å². The Labute approximate surface area is 341 Å². The van der Waals surface area contributed by atoms with Crippen molar-refractivity contribution in [3.63, 3.8) is 0 Å². The van der Waals surface area contributed by atoms with Gasteiger partial charge in [0, 0.05) is 88.9 Å². The number of aromatic nitrogens is 4. The minimum atomic E-state index is 0.139. The van der Waals surface area contributed by atoms with Crippen LogP contribution < -0.4 is 16.4 Å². The van der Waals surface area contributed by atoms with E-state index >= 15 is 0 Å². The summed E-state index contributed by atoms with van der Waals surface area (Å²) in [5.41, 5.74) is 21.9. The fraction of sp³-hybridized carbons (Fsp3) is 0.148. The van der Waals surface area contributed by atoms with Gasteiger partial charge in [-0.1, -0.05) is 91.0 Å². The van der Waals surface area contributed by atoms with Gasteiger partial charge < -0.3 is 18.3 Å². The maximum absolute atomic E-state index is 2.75. The quantitative estimate of drug-likeness (QED) is 0.124. The minimum Gasteiger partial charge on any atom is -0.341 e. The molecule has 278 valence electrons. The monoisotopic (exact) mass is 754 g/mol. The van der Waals surface area contributed by atoms with Crippen molar-refractivity contribution in [3.8, 4) is 17.1 Å². The first-order valence-corrected chi connectivity index (χ1v) is 21.8. The van der Waals surface area contributed by atoms with Crippen LogP contribution in [-0.2, 0) is 12.8 Å². The van der Waals surface area contributed by atoms with Crippen LogP contribution in [0, 0.1) is 0 Å². The third kappa shape index (κ3) is 3.79. The molecule has 59 heavy (non-hydrogen) atoms. The molecule has 1 unspecified atom stereocenters. The zero-order chi connectivity index (χ0) is 38.1. The van der Waals surface area contributed by atoms with E-state index in [1.165, 1.54) is 128 Å². The summed E-state index contributed by atoms with van der Waals surface area (Å²) in [6.07, 6.45) is 22.2. The van der Waals surface area contributed by atoms with Crippen molar-refractivity contribution < 1.29 is 0 Å². The van der Waals surface area contributed by atoms with Crippen LogP contribution in [0.5, 0.6) is 0 Å². The van der Waals surface area contributed by atoms with Gasteiger partial charge in [0.2, 0.25) is 0 Å². The van der Waals surface area contributed by atoms with Gasteiger partial charge in [-0.05, 0) is 122 Å². The first-order valence-electron chi connectivity index (χ1n) is 21.8. The zero-order valence-electron chi connectivity index (χ0n) is 32.7. The number of hydrogen-bond donors (Lipinski definition) is 0. The molecule has 6 heterocycles. The van der Waals surface area contributed by atoms with E-state index in [1.54, 1.807) is 0 Å². The lowest BCUT2D eigenvalue weighted by Gasteiger charge is -2.33. The smallest absolute Gasteiger partial charge is 0.252 e. The number of benzene rings is 6. The Bertz CT molecular complexity index is 3650. The largest absolute Gasteiger partial charge is 0.341 e. The van der Waals surface area contributed by atoms with Crippen LogP contribution in [0.15, 0.2) is 133 Å². The Morgan fingerprint density at radius 3 is 1.92 bits per heavy atom. The Balaban J connectivity index is 1.04. The van der Waals surface area contributed by atoms with E-state index in [0.717, 1.165) is 38.5 Å². The van der Waals surface area contributed by atoms with Crippen LogP contribution in [0.2, 0.25) is 0 Å². The molecule has 2 aliphatic heterocycles. The van der Waals surface area contributed by atoms with Crippen molar-refractivity contribution in [3.05, 3.63) is 156 Å². The molecular weight excluding hydrogens is 715 g/mol. The molecule has 15 rings (SSSR count). The topological polar surface area (TPSA) is 19.7 Å². The molecule has 0 N–H and O–H groups in total. The van der Waals surface area contributed by atoms with Crippen molar-refractivity contribution in [1.82, 2.24) is 18.3 Å². The molecule has 5 heteroatoms. The third-order valence-electron chi connectivity index (χ3n) is 14.9. The van der Waals surface area contributed by atoms with Gasteiger partial charge in [0.05, 0.1) is 16.6 Å². The highest BCUT2D eigenvalue weighted by Gasteiger charge is 2.41. The molecule has 4 aromatic heterocycles. The van der Waals surface area contributed by atoms with Gasteiger partial charge in [-0.3, -0.25) is 0 Å². The Hall–Kier alpha value is -6.72. The fourth-order valence-corrected chi connectivity index (χ4v) is 12.6. The summed E-state index contributed by atoms with van der Waals surface area (Å²) in [7, 11) is 0. The molecule has 0 saturated heterocycles. The van der Waals surface area contributed by atoms with Crippen LogP contribution in [-0.4, -0.2) is 25.0 Å². The Morgan fingerprint density at radius 1 is 0.508 bits per heavy atom. The Kier molecular flexibility index (Phi) is 5.87. The summed E-state index contributed by atoms with van der Waals surface area (Å²) >= 11 is 0. The van der Waals surface area contributed by atoms with Crippen molar-refractivity contribution in [2.45, 2.75) is 51.0 Å². The molecule has 3 aliphatic carbocycles. The second-order valence-corrected chi connectivity index (χ2v) is 17.7. The van der Waals surface area contributed by atoms with Gasteiger partial charge >= 0.3 is 0 Å². The third-order valence-corrected chi connectivity index (χ3v) is 14.9. The number of rotatable bonds is 2. The molecule has 4 nitrogen and oxygen atoms in total. The average Bonchev–Trinajstić information content (AvgIpc) is 4.01. The first kappa shape index (κ1) is 31.3. The van der Waals surface area contributed by atoms with Crippen LogP contribution in [0.25, 0.3) is 94.6 Å². The predicted octanol–water partition coefficient (Wildman–Crippen LogP) is 11.1. The van der Waals surface area contributed by atoms with E-state index < -0.39 is 0 Å². The van der Waals surface area contributed by atoms with E-state index in [2.05, 4.69) is 164 Å². The lowest BCUT2D eigenvalue weighted by atomic mass is 9.34. The molecule has 0 amide bonds. The summed E-state index contributed by atoms with van der Waals surface area (Å²) in [6.45, 7) is 0.139. The second kappa shape index (κ2) is 11.1. The highest BCUT2D eigenvalue weighted by Crippen LogP contribution is 2.45. The van der Waals surface area contributed by atoms with Gasteiger partial charge in [-0.25, -0.2) is 0 Å². The summed E-state index contributed by atoms with van der Waals surface area (Å²) in [6, 6.07) is 43.0. The number of fused-ring (bicyclic) bond motifs is 16. The van der Waals surface area contributed by atoms with E-state index in [4.69, 9.17) is 0 Å². The predicted molar refractivity (Wildman–Crippen MR) is 249 cm³/mol. The number of hydrogen-bond acceptors (Lipinski definition) is 0. The SMILES string of the molecule is C1=Cc2c(c3cc4c(cc3n2-c2ccccc2)c2cccc3c2n4-c2cccc4c2B3c2cccc3c5cc6c(cc5n-4c23)c2c(n6C3CC=CCC3)CCC=C2)CC1. The summed E-state index contributed by atoms with van der Waals surface area (Å²) in [5, 5.41) is 8.16. The zero-order valence-corrected chi connectivity index (χ0v) is 32.7. The lowest BCUT2D eigenvalue weighted by molar-refractivity contribution is 0.460. The fourth-order valence-electron chi connectivity index (χ4n) is 12.6. The molecule has 10 aromatic rings. The van der Waals surface area contributed by atoms with Crippen molar-refractivity contribution >= 4 is 101 Å².